The van der Waals surface area contributed by atoms with Crippen LogP contribution in [0.3, 0.4) is 0 Å². The molecule has 0 bridgehead atoms. The number of hydrogen-bond donors (Lipinski definition) is 2. The summed E-state index contributed by atoms with van der Waals surface area (Å²) < 4.78 is 6.88. The Morgan fingerprint density at radius 1 is 1.25 bits per heavy atom. The summed E-state index contributed by atoms with van der Waals surface area (Å²) in [5.41, 5.74) is 0.581. The van der Waals surface area contributed by atoms with Crippen LogP contribution in [0.5, 0.6) is 5.75 Å². The first-order valence-corrected chi connectivity index (χ1v) is 10.8. The average molecular weight is 446 g/mol. The Hall–Kier alpha value is -3.98. The Labute approximate surface area is 186 Å². The molecule has 9 heteroatoms. The molecule has 0 saturated carbocycles. The van der Waals surface area contributed by atoms with Crippen LogP contribution in [-0.4, -0.2) is 26.5 Å². The molecule has 0 spiro atoms. The van der Waals surface area contributed by atoms with Gasteiger partial charge >= 0.3 is 5.63 Å². The fraction of sp³-hybridized carbons (Fsp3) is 0.130. The number of aromatic hydroxyl groups is 1. The number of amides is 1. The fourth-order valence-electron chi connectivity index (χ4n) is 3.74. The van der Waals surface area contributed by atoms with E-state index in [0.29, 0.717) is 29.4 Å². The minimum absolute atomic E-state index is 0.000904. The summed E-state index contributed by atoms with van der Waals surface area (Å²) in [7, 11) is 0. The number of nitrogens with one attached hydrogen (secondary N) is 1. The summed E-state index contributed by atoms with van der Waals surface area (Å²) in [4.78, 5) is 31.1. The number of aliphatic imine (C=N–C) groups is 1. The van der Waals surface area contributed by atoms with Crippen molar-refractivity contribution in [3.05, 3.63) is 92.3 Å². The minimum atomic E-state index is -0.672. The third-order valence-corrected chi connectivity index (χ3v) is 6.16. The zero-order valence-electron chi connectivity index (χ0n) is 17.0. The fourth-order valence-corrected chi connectivity index (χ4v) is 4.55. The van der Waals surface area contributed by atoms with Gasteiger partial charge in [-0.2, -0.15) is 5.10 Å². The van der Waals surface area contributed by atoms with Gasteiger partial charge in [0, 0.05) is 23.1 Å². The zero-order chi connectivity index (χ0) is 22.2. The Morgan fingerprint density at radius 2 is 2.06 bits per heavy atom. The molecule has 160 valence electrons. The molecule has 8 nitrogen and oxygen atoms in total. The number of hydrogen-bond acceptors (Lipinski definition) is 7. The molecule has 0 radical (unpaired) electrons. The van der Waals surface area contributed by atoms with Gasteiger partial charge in [-0.1, -0.05) is 24.3 Å². The number of benzene rings is 1. The van der Waals surface area contributed by atoms with E-state index in [1.165, 1.54) is 12.3 Å². The molecular weight excluding hydrogens is 428 g/mol. The molecule has 1 aliphatic heterocycles. The first-order chi connectivity index (χ1) is 15.5. The van der Waals surface area contributed by atoms with Gasteiger partial charge in [0.05, 0.1) is 18.0 Å². The Morgan fingerprint density at radius 3 is 2.78 bits per heavy atom. The summed E-state index contributed by atoms with van der Waals surface area (Å²) in [5, 5.41) is 19.7. The highest BCUT2D eigenvalue weighted by molar-refractivity contribution is 7.10. The average Bonchev–Trinajstić information content (AvgIpc) is 3.43. The first-order valence-electron chi connectivity index (χ1n) is 9.90. The van der Waals surface area contributed by atoms with Crippen LogP contribution in [-0.2, 0) is 0 Å². The Balaban J connectivity index is 1.63. The molecule has 4 aromatic rings. The molecule has 0 saturated heterocycles. The van der Waals surface area contributed by atoms with Crippen LogP contribution < -0.4 is 10.9 Å². The van der Waals surface area contributed by atoms with Gasteiger partial charge in [-0.05, 0) is 30.5 Å². The van der Waals surface area contributed by atoms with E-state index < -0.39 is 5.63 Å². The zero-order valence-corrected chi connectivity index (χ0v) is 17.8. The lowest BCUT2D eigenvalue weighted by Gasteiger charge is -2.24. The van der Waals surface area contributed by atoms with Crippen molar-refractivity contribution in [1.29, 1.82) is 0 Å². The van der Waals surface area contributed by atoms with Crippen molar-refractivity contribution in [3.63, 3.8) is 0 Å². The van der Waals surface area contributed by atoms with E-state index in [1.54, 1.807) is 35.1 Å². The summed E-state index contributed by atoms with van der Waals surface area (Å²) in [5.74, 6) is 0.0473. The topological polar surface area (TPSA) is 110 Å². The highest BCUT2D eigenvalue weighted by atomic mass is 32.1. The van der Waals surface area contributed by atoms with Gasteiger partial charge in [0.25, 0.3) is 5.91 Å². The SMILES string of the molecule is Cc1cc(O)c(C2=Nc3c(C(=O)Nc4ccccc4)cnn3[C@@H](c3cccs3)C2)c(=O)o1. The number of carbonyl (C=O) groups excluding carboxylic acids is 1. The van der Waals surface area contributed by atoms with Crippen LogP contribution in [0.1, 0.15) is 39.0 Å². The number of thiophene rings is 1. The van der Waals surface area contributed by atoms with Crippen LogP contribution in [0.15, 0.2) is 74.3 Å². The molecule has 0 aliphatic carbocycles. The van der Waals surface area contributed by atoms with Crippen molar-refractivity contribution in [2.24, 2.45) is 4.99 Å². The van der Waals surface area contributed by atoms with E-state index in [1.807, 2.05) is 35.7 Å². The van der Waals surface area contributed by atoms with Crippen molar-refractivity contribution in [1.82, 2.24) is 9.78 Å². The quantitative estimate of drug-likeness (QED) is 0.486. The van der Waals surface area contributed by atoms with Gasteiger partial charge in [0.1, 0.15) is 22.6 Å². The lowest BCUT2D eigenvalue weighted by molar-refractivity contribution is 0.102. The molecule has 2 N–H and O–H groups in total. The summed E-state index contributed by atoms with van der Waals surface area (Å²) in [6.07, 6.45) is 1.79. The van der Waals surface area contributed by atoms with Crippen LogP contribution in [0.4, 0.5) is 11.5 Å². The number of fused-ring (bicyclic) bond motifs is 1. The molecule has 0 fully saturated rings. The van der Waals surface area contributed by atoms with Gasteiger partial charge in [-0.25, -0.2) is 14.5 Å². The van der Waals surface area contributed by atoms with Crippen LogP contribution >= 0.6 is 11.3 Å². The van der Waals surface area contributed by atoms with Crippen molar-refractivity contribution in [2.45, 2.75) is 19.4 Å². The third kappa shape index (κ3) is 3.52. The van der Waals surface area contributed by atoms with E-state index in [2.05, 4.69) is 15.4 Å². The van der Waals surface area contributed by atoms with Gasteiger partial charge in [-0.15, -0.1) is 11.3 Å². The molecule has 1 aromatic carbocycles. The Bertz CT molecular complexity index is 1390. The monoisotopic (exact) mass is 446 g/mol. The second-order valence-corrected chi connectivity index (χ2v) is 8.32. The molecule has 1 aliphatic rings. The van der Waals surface area contributed by atoms with Gasteiger partial charge in [0.15, 0.2) is 5.82 Å². The molecule has 4 heterocycles. The van der Waals surface area contributed by atoms with Crippen LogP contribution in [0.25, 0.3) is 0 Å². The lowest BCUT2D eigenvalue weighted by Crippen LogP contribution is -2.25. The van der Waals surface area contributed by atoms with Gasteiger partial charge < -0.3 is 14.8 Å². The van der Waals surface area contributed by atoms with E-state index in [-0.39, 0.29) is 28.8 Å². The van der Waals surface area contributed by atoms with E-state index >= 15 is 0 Å². The second-order valence-electron chi connectivity index (χ2n) is 7.35. The van der Waals surface area contributed by atoms with Gasteiger partial charge in [-0.3, -0.25) is 4.79 Å². The number of aromatic nitrogens is 2. The first kappa shape index (κ1) is 20.0. The normalized spacial score (nSPS) is 15.2. The number of carbonyl (C=O) groups is 1. The molecule has 32 heavy (non-hydrogen) atoms. The van der Waals surface area contributed by atoms with Crippen molar-refractivity contribution in [2.75, 3.05) is 5.32 Å². The lowest BCUT2D eigenvalue weighted by atomic mass is 10.00. The highest BCUT2D eigenvalue weighted by Gasteiger charge is 2.32. The molecule has 1 atom stereocenters. The van der Waals surface area contributed by atoms with E-state index in [9.17, 15) is 14.7 Å². The minimum Gasteiger partial charge on any atom is -0.507 e. The summed E-state index contributed by atoms with van der Waals surface area (Å²) >= 11 is 1.54. The molecule has 0 unspecified atom stereocenters. The Kier molecular flexibility index (Phi) is 4.95. The number of para-hydroxylation sites is 1. The smallest absolute Gasteiger partial charge is 0.348 e. The van der Waals surface area contributed by atoms with E-state index in [4.69, 9.17) is 4.42 Å². The van der Waals surface area contributed by atoms with Crippen LogP contribution in [0, 0.1) is 6.92 Å². The number of nitrogens with zero attached hydrogens (tertiary/aromatic N) is 3. The number of anilines is 1. The summed E-state index contributed by atoms with van der Waals surface area (Å²) in [6.45, 7) is 1.59. The van der Waals surface area contributed by atoms with Crippen molar-refractivity contribution < 1.29 is 14.3 Å². The molecule has 1 amide bonds. The molecule has 3 aromatic heterocycles. The van der Waals surface area contributed by atoms with Gasteiger partial charge in [0.2, 0.25) is 0 Å². The van der Waals surface area contributed by atoms with E-state index in [0.717, 1.165) is 4.88 Å². The second kappa shape index (κ2) is 7.93. The van der Waals surface area contributed by atoms with Crippen molar-refractivity contribution >= 4 is 34.5 Å². The maximum absolute atomic E-state index is 13.0. The standard InChI is InChI=1S/C23H18N4O4S/c1-13-10-18(28)20(23(30)31-13)16-11-17(19-8-5-9-32-19)27-21(26-16)15(12-24-27)22(29)25-14-6-3-2-4-7-14/h2-10,12,17,28H,11H2,1H3,(H,25,29)/t17-/m1/s1. The van der Waals surface area contributed by atoms with Crippen LogP contribution in [0.2, 0.25) is 0 Å². The number of rotatable bonds is 4. The molecule has 5 rings (SSSR count). The predicted molar refractivity (Wildman–Crippen MR) is 121 cm³/mol. The van der Waals surface area contributed by atoms with Crippen molar-refractivity contribution in [3.8, 4) is 5.75 Å². The predicted octanol–water partition coefficient (Wildman–Crippen LogP) is 4.28. The highest BCUT2D eigenvalue weighted by Crippen LogP contribution is 2.38. The third-order valence-electron chi connectivity index (χ3n) is 5.18. The summed E-state index contributed by atoms with van der Waals surface area (Å²) in [6, 6.07) is 14.1. The largest absolute Gasteiger partial charge is 0.507 e. The maximum Gasteiger partial charge on any atom is 0.348 e. The maximum atomic E-state index is 13.0. The molecular formula is C23H18N4O4S. The number of aryl methyl sites for hydroxylation is 1.